The molecule has 2 aromatic rings. The molecule has 1 atom stereocenters. The van der Waals surface area contributed by atoms with E-state index in [1.165, 1.54) is 5.39 Å². The van der Waals surface area contributed by atoms with Crippen LogP contribution in [0.1, 0.15) is 45.1 Å². The Balaban J connectivity index is 2.09. The van der Waals surface area contributed by atoms with Crippen LogP contribution in [-0.2, 0) is 4.79 Å². The zero-order valence-corrected chi connectivity index (χ0v) is 13.7. The monoisotopic (exact) mass is 298 g/mol. The minimum Gasteiger partial charge on any atom is -0.354 e. The highest BCUT2D eigenvalue weighted by atomic mass is 16.1. The van der Waals surface area contributed by atoms with Gasteiger partial charge in [-0.25, -0.2) is 0 Å². The van der Waals surface area contributed by atoms with Crippen LogP contribution in [0.25, 0.3) is 10.8 Å². The summed E-state index contributed by atoms with van der Waals surface area (Å²) in [6.45, 7) is 6.58. The Bertz CT molecular complexity index is 647. The average molecular weight is 298 g/mol. The van der Waals surface area contributed by atoms with Gasteiger partial charge in [0.1, 0.15) is 0 Å². The van der Waals surface area contributed by atoms with Crippen LogP contribution in [0.5, 0.6) is 0 Å². The minimum absolute atomic E-state index is 0.0343. The first-order valence-corrected chi connectivity index (χ1v) is 8.04. The first kappa shape index (κ1) is 16.5. The van der Waals surface area contributed by atoms with Crippen molar-refractivity contribution in [3.63, 3.8) is 0 Å². The van der Waals surface area contributed by atoms with Crippen molar-refractivity contribution in [3.05, 3.63) is 48.0 Å². The quantitative estimate of drug-likeness (QED) is 0.856. The Morgan fingerprint density at radius 2 is 1.77 bits per heavy atom. The van der Waals surface area contributed by atoms with E-state index in [1.54, 1.807) is 0 Å². The molecular weight excluding hydrogens is 272 g/mol. The predicted molar refractivity (Wildman–Crippen MR) is 92.9 cm³/mol. The molecule has 0 heterocycles. The van der Waals surface area contributed by atoms with Gasteiger partial charge in [-0.05, 0) is 36.1 Å². The molecule has 0 fully saturated rings. The lowest BCUT2D eigenvalue weighted by Gasteiger charge is -2.27. The van der Waals surface area contributed by atoms with Gasteiger partial charge >= 0.3 is 0 Å². The summed E-state index contributed by atoms with van der Waals surface area (Å²) in [6.07, 6.45) is 1.71. The van der Waals surface area contributed by atoms with E-state index in [0.29, 0.717) is 6.54 Å². The number of nitrogens with two attached hydrogens (primary N) is 1. The van der Waals surface area contributed by atoms with Crippen molar-refractivity contribution in [2.75, 3.05) is 6.54 Å². The predicted octanol–water partition coefficient (Wildman–Crippen LogP) is 3.58. The Labute approximate surface area is 132 Å². The van der Waals surface area contributed by atoms with Crippen molar-refractivity contribution in [1.82, 2.24) is 5.32 Å². The molecule has 3 heteroatoms. The summed E-state index contributed by atoms with van der Waals surface area (Å²) >= 11 is 0. The fraction of sp³-hybridized carbons (Fsp3) is 0.421. The van der Waals surface area contributed by atoms with Gasteiger partial charge < -0.3 is 11.1 Å². The van der Waals surface area contributed by atoms with Crippen LogP contribution in [0.3, 0.4) is 0 Å². The number of benzene rings is 2. The van der Waals surface area contributed by atoms with E-state index in [4.69, 9.17) is 5.73 Å². The highest BCUT2D eigenvalue weighted by Gasteiger charge is 2.23. The normalized spacial score (nSPS) is 13.1. The topological polar surface area (TPSA) is 55.1 Å². The average Bonchev–Trinajstić information content (AvgIpc) is 2.58. The van der Waals surface area contributed by atoms with Gasteiger partial charge in [0.05, 0.1) is 5.92 Å². The molecule has 2 rings (SSSR count). The van der Waals surface area contributed by atoms with Gasteiger partial charge in [0.2, 0.25) is 5.91 Å². The Morgan fingerprint density at radius 3 is 2.41 bits per heavy atom. The van der Waals surface area contributed by atoms with Crippen LogP contribution in [0.4, 0.5) is 0 Å². The smallest absolute Gasteiger partial charge is 0.227 e. The highest BCUT2D eigenvalue weighted by molar-refractivity contribution is 5.87. The van der Waals surface area contributed by atoms with Gasteiger partial charge in [-0.1, -0.05) is 56.3 Å². The van der Waals surface area contributed by atoms with E-state index in [1.807, 2.05) is 25.1 Å². The third-order valence-electron chi connectivity index (χ3n) is 4.69. The van der Waals surface area contributed by atoms with Crippen molar-refractivity contribution in [3.8, 4) is 0 Å². The summed E-state index contributed by atoms with van der Waals surface area (Å²) in [4.78, 5) is 12.4. The van der Waals surface area contributed by atoms with E-state index in [9.17, 15) is 4.79 Å². The molecular formula is C19H26N2O. The lowest BCUT2D eigenvalue weighted by atomic mass is 9.93. The van der Waals surface area contributed by atoms with Crippen molar-refractivity contribution in [1.29, 1.82) is 0 Å². The molecule has 0 aromatic heterocycles. The summed E-state index contributed by atoms with van der Waals surface area (Å²) in [5, 5.41) is 5.36. The largest absolute Gasteiger partial charge is 0.354 e. The molecule has 3 nitrogen and oxygen atoms in total. The molecule has 0 saturated heterocycles. The highest BCUT2D eigenvalue weighted by Crippen LogP contribution is 2.22. The van der Waals surface area contributed by atoms with E-state index >= 15 is 0 Å². The zero-order chi connectivity index (χ0) is 16.2. The van der Waals surface area contributed by atoms with Gasteiger partial charge in [-0.15, -0.1) is 0 Å². The third kappa shape index (κ3) is 3.66. The van der Waals surface area contributed by atoms with Crippen LogP contribution < -0.4 is 11.1 Å². The van der Waals surface area contributed by atoms with Crippen LogP contribution in [0, 0.1) is 0 Å². The molecule has 0 spiro atoms. The number of nitrogens with one attached hydrogen (secondary N) is 1. The van der Waals surface area contributed by atoms with Crippen molar-refractivity contribution in [2.24, 2.45) is 5.73 Å². The van der Waals surface area contributed by atoms with E-state index in [0.717, 1.165) is 23.8 Å². The minimum atomic E-state index is -0.307. The maximum absolute atomic E-state index is 12.4. The summed E-state index contributed by atoms with van der Waals surface area (Å²) in [6, 6.07) is 14.4. The molecule has 118 valence electrons. The van der Waals surface area contributed by atoms with E-state index in [-0.39, 0.29) is 17.4 Å². The van der Waals surface area contributed by atoms with Gasteiger partial charge in [-0.2, -0.15) is 0 Å². The summed E-state index contributed by atoms with van der Waals surface area (Å²) < 4.78 is 0. The number of rotatable bonds is 6. The number of hydrogen-bond acceptors (Lipinski definition) is 2. The Morgan fingerprint density at radius 1 is 1.14 bits per heavy atom. The lowest BCUT2D eigenvalue weighted by Crippen LogP contribution is -2.49. The van der Waals surface area contributed by atoms with Gasteiger partial charge in [0.15, 0.2) is 0 Å². The molecule has 0 radical (unpaired) electrons. The van der Waals surface area contributed by atoms with Crippen LogP contribution in [0.2, 0.25) is 0 Å². The molecule has 3 N–H and O–H groups in total. The molecule has 0 saturated carbocycles. The van der Waals surface area contributed by atoms with E-state index < -0.39 is 0 Å². The number of amides is 1. The van der Waals surface area contributed by atoms with Crippen molar-refractivity contribution < 1.29 is 4.79 Å². The SMILES string of the molecule is CCC(N)(CC)CNC(=O)C(C)c1ccc2ccccc2c1. The molecule has 1 unspecified atom stereocenters. The van der Waals surface area contributed by atoms with Gasteiger partial charge in [-0.3, -0.25) is 4.79 Å². The second kappa shape index (κ2) is 6.93. The van der Waals surface area contributed by atoms with E-state index in [2.05, 4.69) is 43.4 Å². The summed E-state index contributed by atoms with van der Waals surface area (Å²) in [5.74, 6) is -0.144. The first-order valence-electron chi connectivity index (χ1n) is 8.04. The number of hydrogen-bond donors (Lipinski definition) is 2. The Kier molecular flexibility index (Phi) is 5.19. The fourth-order valence-corrected chi connectivity index (χ4v) is 2.54. The van der Waals surface area contributed by atoms with Crippen molar-refractivity contribution in [2.45, 2.75) is 45.1 Å². The molecule has 0 aliphatic rings. The fourth-order valence-electron chi connectivity index (χ4n) is 2.54. The standard InChI is InChI=1S/C19H26N2O/c1-4-19(20,5-2)13-21-18(22)14(3)16-11-10-15-8-6-7-9-17(15)12-16/h6-12,14H,4-5,13,20H2,1-3H3,(H,21,22). The van der Waals surface area contributed by atoms with Gasteiger partial charge in [0.25, 0.3) is 0 Å². The van der Waals surface area contributed by atoms with Gasteiger partial charge in [0, 0.05) is 12.1 Å². The summed E-state index contributed by atoms with van der Waals surface area (Å²) in [7, 11) is 0. The lowest BCUT2D eigenvalue weighted by molar-refractivity contribution is -0.122. The third-order valence-corrected chi connectivity index (χ3v) is 4.69. The zero-order valence-electron chi connectivity index (χ0n) is 13.7. The molecule has 22 heavy (non-hydrogen) atoms. The number of carbonyl (C=O) groups excluding carboxylic acids is 1. The van der Waals surface area contributed by atoms with Crippen LogP contribution in [0.15, 0.2) is 42.5 Å². The molecule has 0 aliphatic carbocycles. The molecule has 0 bridgehead atoms. The summed E-state index contributed by atoms with van der Waals surface area (Å²) in [5.41, 5.74) is 6.97. The maximum Gasteiger partial charge on any atom is 0.227 e. The maximum atomic E-state index is 12.4. The molecule has 0 aliphatic heterocycles. The second-order valence-corrected chi connectivity index (χ2v) is 6.12. The number of carbonyl (C=O) groups is 1. The van der Waals surface area contributed by atoms with Crippen molar-refractivity contribution >= 4 is 16.7 Å². The Hall–Kier alpha value is -1.87. The molecule has 2 aromatic carbocycles. The first-order chi connectivity index (χ1) is 10.5. The second-order valence-electron chi connectivity index (χ2n) is 6.12. The van der Waals surface area contributed by atoms with Crippen LogP contribution >= 0.6 is 0 Å². The van der Waals surface area contributed by atoms with Crippen LogP contribution in [-0.4, -0.2) is 18.0 Å². The molecule has 1 amide bonds. The number of fused-ring (bicyclic) bond motifs is 1.